The molecule has 2 N–H and O–H groups in total. The Labute approximate surface area is 88.6 Å². The zero-order valence-electron chi connectivity index (χ0n) is 8.99. The maximum atomic E-state index is 11.1. The number of aliphatic carboxylic acids is 1. The van der Waals surface area contributed by atoms with Gasteiger partial charge >= 0.3 is 5.97 Å². The summed E-state index contributed by atoms with van der Waals surface area (Å²) in [6, 6.07) is -0.106. The Bertz CT molecular complexity index is 207. The minimum absolute atomic E-state index is 0.106. The largest absolute Gasteiger partial charge is 0.480 e. The maximum absolute atomic E-state index is 11.1. The summed E-state index contributed by atoms with van der Waals surface area (Å²) in [5.41, 5.74) is 0. The second kappa shape index (κ2) is 8.19. The van der Waals surface area contributed by atoms with Gasteiger partial charge in [0.05, 0.1) is 6.61 Å². The van der Waals surface area contributed by atoms with E-state index in [4.69, 9.17) is 9.84 Å². The van der Waals surface area contributed by atoms with Gasteiger partial charge in [-0.2, -0.15) is 0 Å². The van der Waals surface area contributed by atoms with E-state index in [1.54, 1.807) is 6.92 Å². The van der Waals surface area contributed by atoms with E-state index in [1.165, 1.54) is 0 Å². The molecule has 0 heterocycles. The highest BCUT2D eigenvalue weighted by Gasteiger charge is 2.07. The lowest BCUT2D eigenvalue weighted by atomic mass is 10.3. The Balaban J connectivity index is 3.50. The van der Waals surface area contributed by atoms with Crippen LogP contribution in [0.1, 0.15) is 13.8 Å². The molecule has 6 heteroatoms. The highest BCUT2D eigenvalue weighted by atomic mass is 16.5. The van der Waals surface area contributed by atoms with Crippen LogP contribution in [0.25, 0.3) is 0 Å². The molecule has 15 heavy (non-hydrogen) atoms. The van der Waals surface area contributed by atoms with Gasteiger partial charge in [0, 0.05) is 12.6 Å². The predicted octanol–water partition coefficient (Wildman–Crippen LogP) is -0.371. The van der Waals surface area contributed by atoms with Gasteiger partial charge in [-0.05, 0) is 13.8 Å². The number of carbonyl (C=O) groups is 2. The van der Waals surface area contributed by atoms with Crippen LogP contribution in [0, 0.1) is 0 Å². The summed E-state index contributed by atoms with van der Waals surface area (Å²) < 4.78 is 9.70. The van der Waals surface area contributed by atoms with E-state index in [-0.39, 0.29) is 18.6 Å². The Morgan fingerprint density at radius 3 is 2.53 bits per heavy atom. The third kappa shape index (κ3) is 9.17. The molecule has 0 rings (SSSR count). The molecule has 0 aliphatic heterocycles. The number of rotatable bonds is 8. The molecule has 0 bridgehead atoms. The van der Waals surface area contributed by atoms with Crippen LogP contribution in [-0.4, -0.2) is 49.5 Å². The van der Waals surface area contributed by atoms with Crippen molar-refractivity contribution in [3.8, 4) is 0 Å². The van der Waals surface area contributed by atoms with Crippen molar-refractivity contribution in [3.63, 3.8) is 0 Å². The molecule has 0 aliphatic carbocycles. The van der Waals surface area contributed by atoms with E-state index in [2.05, 4.69) is 10.1 Å². The highest BCUT2D eigenvalue weighted by Crippen LogP contribution is 1.85. The number of hydrogen-bond donors (Lipinski definition) is 2. The Hall–Kier alpha value is -1.14. The number of carbonyl (C=O) groups excluding carboxylic acids is 1. The number of nitrogens with one attached hydrogen (secondary N) is 1. The van der Waals surface area contributed by atoms with Gasteiger partial charge in [-0.25, -0.2) is 4.79 Å². The SMILES string of the molecule is CCOCC(C)NC(=O)COCC(=O)O. The molecular weight excluding hydrogens is 202 g/mol. The highest BCUT2D eigenvalue weighted by molar-refractivity contribution is 5.78. The van der Waals surface area contributed by atoms with Crippen molar-refractivity contribution in [1.29, 1.82) is 0 Å². The number of ether oxygens (including phenoxy) is 2. The summed E-state index contributed by atoms with van der Waals surface area (Å²) in [7, 11) is 0. The van der Waals surface area contributed by atoms with Crippen molar-refractivity contribution >= 4 is 11.9 Å². The molecule has 0 saturated heterocycles. The average molecular weight is 219 g/mol. The third-order valence-electron chi connectivity index (χ3n) is 1.44. The van der Waals surface area contributed by atoms with E-state index >= 15 is 0 Å². The summed E-state index contributed by atoms with van der Waals surface area (Å²) in [5, 5.41) is 10.9. The summed E-state index contributed by atoms with van der Waals surface area (Å²) >= 11 is 0. The molecule has 0 spiro atoms. The summed E-state index contributed by atoms with van der Waals surface area (Å²) in [5.74, 6) is -1.44. The maximum Gasteiger partial charge on any atom is 0.329 e. The van der Waals surface area contributed by atoms with Crippen LogP contribution in [0.3, 0.4) is 0 Å². The molecule has 0 aromatic heterocycles. The second-order valence-corrected chi connectivity index (χ2v) is 3.01. The van der Waals surface area contributed by atoms with Crippen molar-refractivity contribution in [3.05, 3.63) is 0 Å². The second-order valence-electron chi connectivity index (χ2n) is 3.01. The lowest BCUT2D eigenvalue weighted by molar-refractivity contribution is -0.143. The quantitative estimate of drug-likeness (QED) is 0.581. The van der Waals surface area contributed by atoms with E-state index in [1.807, 2.05) is 6.92 Å². The van der Waals surface area contributed by atoms with Gasteiger partial charge in [-0.15, -0.1) is 0 Å². The first-order chi connectivity index (χ1) is 7.06. The first kappa shape index (κ1) is 13.9. The van der Waals surface area contributed by atoms with Crippen LogP contribution in [-0.2, 0) is 19.1 Å². The number of carboxylic acid groups (broad SMARTS) is 1. The van der Waals surface area contributed by atoms with Gasteiger partial charge in [0.1, 0.15) is 13.2 Å². The summed E-state index contributed by atoms with van der Waals surface area (Å²) in [6.07, 6.45) is 0. The van der Waals surface area contributed by atoms with Gasteiger partial charge in [-0.3, -0.25) is 4.79 Å². The lowest BCUT2D eigenvalue weighted by Crippen LogP contribution is -2.38. The van der Waals surface area contributed by atoms with E-state index < -0.39 is 12.6 Å². The first-order valence-electron chi connectivity index (χ1n) is 4.73. The van der Waals surface area contributed by atoms with Crippen molar-refractivity contribution < 1.29 is 24.2 Å². The van der Waals surface area contributed by atoms with Crippen LogP contribution in [0.2, 0.25) is 0 Å². The number of amides is 1. The molecule has 0 radical (unpaired) electrons. The molecule has 6 nitrogen and oxygen atoms in total. The van der Waals surface area contributed by atoms with Crippen LogP contribution in [0.5, 0.6) is 0 Å². The fourth-order valence-electron chi connectivity index (χ4n) is 0.884. The predicted molar refractivity (Wildman–Crippen MR) is 52.6 cm³/mol. The topological polar surface area (TPSA) is 84.9 Å². The fraction of sp³-hybridized carbons (Fsp3) is 0.778. The molecule has 0 aromatic rings. The molecule has 1 amide bonds. The molecule has 0 aliphatic rings. The Morgan fingerprint density at radius 1 is 1.33 bits per heavy atom. The van der Waals surface area contributed by atoms with Gasteiger partial charge in [0.15, 0.2) is 0 Å². The molecule has 0 fully saturated rings. The zero-order valence-corrected chi connectivity index (χ0v) is 8.99. The van der Waals surface area contributed by atoms with Gasteiger partial charge < -0.3 is 19.9 Å². The van der Waals surface area contributed by atoms with Crippen LogP contribution in [0.4, 0.5) is 0 Å². The minimum atomic E-state index is -1.09. The lowest BCUT2D eigenvalue weighted by Gasteiger charge is -2.13. The average Bonchev–Trinajstić information content (AvgIpc) is 2.14. The van der Waals surface area contributed by atoms with Gasteiger partial charge in [0.25, 0.3) is 0 Å². The van der Waals surface area contributed by atoms with E-state index in [0.717, 1.165) is 0 Å². The minimum Gasteiger partial charge on any atom is -0.480 e. The zero-order chi connectivity index (χ0) is 11.7. The summed E-state index contributed by atoms with van der Waals surface area (Å²) in [6.45, 7) is 3.97. The van der Waals surface area contributed by atoms with Crippen molar-refractivity contribution in [2.75, 3.05) is 26.4 Å². The normalized spacial score (nSPS) is 12.1. The molecule has 0 aromatic carbocycles. The Kier molecular flexibility index (Phi) is 7.57. The van der Waals surface area contributed by atoms with Crippen LogP contribution in [0.15, 0.2) is 0 Å². The molecule has 88 valence electrons. The van der Waals surface area contributed by atoms with E-state index in [0.29, 0.717) is 13.2 Å². The summed E-state index contributed by atoms with van der Waals surface area (Å²) in [4.78, 5) is 21.2. The van der Waals surface area contributed by atoms with Crippen molar-refractivity contribution in [2.24, 2.45) is 0 Å². The Morgan fingerprint density at radius 2 is 2.00 bits per heavy atom. The van der Waals surface area contributed by atoms with Gasteiger partial charge in [-0.1, -0.05) is 0 Å². The van der Waals surface area contributed by atoms with Gasteiger partial charge in [0.2, 0.25) is 5.91 Å². The molecular formula is C9H17NO5. The van der Waals surface area contributed by atoms with Crippen LogP contribution >= 0.6 is 0 Å². The van der Waals surface area contributed by atoms with Crippen molar-refractivity contribution in [1.82, 2.24) is 5.32 Å². The number of carboxylic acids is 1. The number of hydrogen-bond acceptors (Lipinski definition) is 4. The molecule has 1 unspecified atom stereocenters. The fourth-order valence-corrected chi connectivity index (χ4v) is 0.884. The monoisotopic (exact) mass is 219 g/mol. The molecule has 0 saturated carbocycles. The van der Waals surface area contributed by atoms with Crippen LogP contribution < -0.4 is 5.32 Å². The van der Waals surface area contributed by atoms with E-state index in [9.17, 15) is 9.59 Å². The first-order valence-corrected chi connectivity index (χ1v) is 4.73. The standard InChI is InChI=1S/C9H17NO5/c1-3-14-4-7(2)10-8(11)5-15-6-9(12)13/h7H,3-6H2,1-2H3,(H,10,11)(H,12,13). The van der Waals surface area contributed by atoms with Crippen molar-refractivity contribution in [2.45, 2.75) is 19.9 Å². The smallest absolute Gasteiger partial charge is 0.329 e. The third-order valence-corrected chi connectivity index (χ3v) is 1.44. The molecule has 1 atom stereocenters.